The van der Waals surface area contributed by atoms with E-state index in [4.69, 9.17) is 0 Å². The number of rotatable bonds is 4. The minimum Gasteiger partial charge on any atom is -0.358 e. The van der Waals surface area contributed by atoms with Crippen molar-refractivity contribution in [1.82, 2.24) is 15.5 Å². The number of piperazine rings is 1. The van der Waals surface area contributed by atoms with Gasteiger partial charge in [-0.3, -0.25) is 9.69 Å². The molecule has 2 atom stereocenters. The third-order valence-corrected chi connectivity index (χ3v) is 3.88. The second-order valence-corrected chi connectivity index (χ2v) is 5.05. The third-order valence-electron chi connectivity index (χ3n) is 3.88. The molecular weight excluding hydrogens is 257 g/mol. The van der Waals surface area contributed by atoms with E-state index < -0.39 is 0 Å². The van der Waals surface area contributed by atoms with Gasteiger partial charge in [0.05, 0.1) is 0 Å². The number of hydrogen-bond donors (Lipinski definition) is 2. The summed E-state index contributed by atoms with van der Waals surface area (Å²) in [6.07, 6.45) is 0.888. The molecule has 20 heavy (non-hydrogen) atoms. The van der Waals surface area contributed by atoms with Crippen LogP contribution in [0.4, 0.5) is 4.39 Å². The van der Waals surface area contributed by atoms with Gasteiger partial charge in [0.15, 0.2) is 0 Å². The van der Waals surface area contributed by atoms with E-state index in [-0.39, 0.29) is 23.8 Å². The predicted molar refractivity (Wildman–Crippen MR) is 76.9 cm³/mol. The Morgan fingerprint density at radius 1 is 1.50 bits per heavy atom. The van der Waals surface area contributed by atoms with E-state index in [0.29, 0.717) is 6.54 Å². The molecule has 2 rings (SSSR count). The zero-order valence-corrected chi connectivity index (χ0v) is 12.0. The van der Waals surface area contributed by atoms with E-state index in [1.165, 1.54) is 12.1 Å². The lowest BCUT2D eigenvalue weighted by atomic mass is 9.99. The van der Waals surface area contributed by atoms with Crippen molar-refractivity contribution in [2.45, 2.75) is 25.4 Å². The summed E-state index contributed by atoms with van der Waals surface area (Å²) in [6, 6.07) is 6.55. The van der Waals surface area contributed by atoms with Gasteiger partial charge in [0, 0.05) is 32.7 Å². The zero-order valence-electron chi connectivity index (χ0n) is 12.0. The lowest BCUT2D eigenvalue weighted by Crippen LogP contribution is -2.58. The van der Waals surface area contributed by atoms with Crippen LogP contribution in [0.5, 0.6) is 0 Å². The first-order chi connectivity index (χ1) is 9.67. The van der Waals surface area contributed by atoms with Gasteiger partial charge in [-0.1, -0.05) is 19.1 Å². The highest BCUT2D eigenvalue weighted by atomic mass is 19.1. The summed E-state index contributed by atoms with van der Waals surface area (Å²) in [6.45, 7) is 4.42. The summed E-state index contributed by atoms with van der Waals surface area (Å²) in [5.41, 5.74) is 1.06. The van der Waals surface area contributed by atoms with Crippen molar-refractivity contribution in [2.75, 3.05) is 26.7 Å². The van der Waals surface area contributed by atoms with Crippen molar-refractivity contribution in [3.63, 3.8) is 0 Å². The normalized spacial score (nSPS) is 21.4. The van der Waals surface area contributed by atoms with Crippen LogP contribution >= 0.6 is 0 Å². The van der Waals surface area contributed by atoms with Gasteiger partial charge in [-0.05, 0) is 24.1 Å². The standard InChI is InChI=1S/C15H22FN3O/c1-3-13(11-4-6-12(16)7-5-11)19-9-8-18-10-14(19)15(20)17-2/h4-7,13-14,18H,3,8-10H2,1-2H3,(H,17,20). The van der Waals surface area contributed by atoms with Crippen LogP contribution in [-0.4, -0.2) is 43.5 Å². The summed E-state index contributed by atoms with van der Waals surface area (Å²) in [5, 5.41) is 5.98. The number of hydrogen-bond acceptors (Lipinski definition) is 3. The molecule has 0 radical (unpaired) electrons. The Kier molecular flexibility index (Phi) is 5.09. The molecule has 1 aliphatic heterocycles. The number of likely N-dealkylation sites (N-methyl/N-ethyl adjacent to an activating group) is 1. The van der Waals surface area contributed by atoms with Gasteiger partial charge in [0.25, 0.3) is 0 Å². The Balaban J connectivity index is 2.23. The Bertz CT molecular complexity index is 449. The molecule has 0 aliphatic carbocycles. The molecule has 0 spiro atoms. The second-order valence-electron chi connectivity index (χ2n) is 5.05. The van der Waals surface area contributed by atoms with Gasteiger partial charge in [0.2, 0.25) is 5.91 Å². The lowest BCUT2D eigenvalue weighted by molar-refractivity contribution is -0.127. The van der Waals surface area contributed by atoms with Crippen LogP contribution in [-0.2, 0) is 4.79 Å². The second kappa shape index (κ2) is 6.81. The maximum Gasteiger partial charge on any atom is 0.238 e. The molecule has 1 heterocycles. The van der Waals surface area contributed by atoms with E-state index in [1.54, 1.807) is 7.05 Å². The Labute approximate surface area is 119 Å². The predicted octanol–water partition coefficient (Wildman–Crippen LogP) is 1.30. The van der Waals surface area contributed by atoms with Crippen molar-refractivity contribution in [3.05, 3.63) is 35.6 Å². The average Bonchev–Trinajstić information content (AvgIpc) is 2.49. The first-order valence-corrected chi connectivity index (χ1v) is 7.11. The van der Waals surface area contributed by atoms with E-state index in [2.05, 4.69) is 22.5 Å². The van der Waals surface area contributed by atoms with E-state index in [9.17, 15) is 9.18 Å². The molecule has 4 nitrogen and oxygen atoms in total. The van der Waals surface area contributed by atoms with Crippen LogP contribution in [0.3, 0.4) is 0 Å². The maximum absolute atomic E-state index is 13.1. The minimum absolute atomic E-state index is 0.0257. The Morgan fingerprint density at radius 2 is 2.20 bits per heavy atom. The number of benzene rings is 1. The van der Waals surface area contributed by atoms with E-state index in [1.807, 2.05) is 12.1 Å². The van der Waals surface area contributed by atoms with Crippen LogP contribution in [0.2, 0.25) is 0 Å². The molecule has 2 unspecified atom stereocenters. The summed E-state index contributed by atoms with van der Waals surface area (Å²) >= 11 is 0. The van der Waals surface area contributed by atoms with Crippen LogP contribution in [0.15, 0.2) is 24.3 Å². The molecule has 0 bridgehead atoms. The average molecular weight is 279 g/mol. The highest BCUT2D eigenvalue weighted by molar-refractivity contribution is 5.81. The molecule has 1 amide bonds. The lowest BCUT2D eigenvalue weighted by Gasteiger charge is -2.40. The Hall–Kier alpha value is -1.46. The zero-order chi connectivity index (χ0) is 14.5. The molecule has 1 aromatic rings. The molecule has 0 aromatic heterocycles. The highest BCUT2D eigenvalue weighted by Gasteiger charge is 2.32. The molecule has 0 saturated carbocycles. The Morgan fingerprint density at radius 3 is 2.80 bits per heavy atom. The van der Waals surface area contributed by atoms with Crippen molar-refractivity contribution in [2.24, 2.45) is 0 Å². The number of carbonyl (C=O) groups excluding carboxylic acids is 1. The minimum atomic E-state index is -0.230. The molecular formula is C15H22FN3O. The summed E-state index contributed by atoms with van der Waals surface area (Å²) in [4.78, 5) is 14.2. The van der Waals surface area contributed by atoms with E-state index >= 15 is 0 Å². The monoisotopic (exact) mass is 279 g/mol. The topological polar surface area (TPSA) is 44.4 Å². The number of amides is 1. The molecule has 2 N–H and O–H groups in total. The third kappa shape index (κ3) is 3.16. The van der Waals surface area contributed by atoms with Gasteiger partial charge in [-0.2, -0.15) is 0 Å². The maximum atomic E-state index is 13.1. The molecule has 1 saturated heterocycles. The van der Waals surface area contributed by atoms with Crippen molar-refractivity contribution >= 4 is 5.91 Å². The van der Waals surface area contributed by atoms with Crippen molar-refractivity contribution < 1.29 is 9.18 Å². The summed E-state index contributed by atoms with van der Waals surface area (Å²) in [5.74, 6) is -0.204. The van der Waals surface area contributed by atoms with Crippen LogP contribution in [0, 0.1) is 5.82 Å². The first-order valence-electron chi connectivity index (χ1n) is 7.11. The van der Waals surface area contributed by atoms with Gasteiger partial charge in [-0.15, -0.1) is 0 Å². The fourth-order valence-corrected chi connectivity index (χ4v) is 2.85. The van der Waals surface area contributed by atoms with Gasteiger partial charge < -0.3 is 10.6 Å². The quantitative estimate of drug-likeness (QED) is 0.873. The first kappa shape index (κ1) is 14.9. The van der Waals surface area contributed by atoms with Gasteiger partial charge in [0.1, 0.15) is 11.9 Å². The molecule has 1 aliphatic rings. The van der Waals surface area contributed by atoms with Crippen LogP contribution in [0.25, 0.3) is 0 Å². The summed E-state index contributed by atoms with van der Waals surface area (Å²) in [7, 11) is 1.66. The fourth-order valence-electron chi connectivity index (χ4n) is 2.85. The fraction of sp³-hybridized carbons (Fsp3) is 0.533. The highest BCUT2D eigenvalue weighted by Crippen LogP contribution is 2.27. The SMILES string of the molecule is CCC(c1ccc(F)cc1)N1CCNCC1C(=O)NC. The number of nitrogens with zero attached hydrogens (tertiary/aromatic N) is 1. The molecule has 1 fully saturated rings. The smallest absolute Gasteiger partial charge is 0.238 e. The van der Waals surface area contributed by atoms with Gasteiger partial charge in [-0.25, -0.2) is 4.39 Å². The van der Waals surface area contributed by atoms with E-state index in [0.717, 1.165) is 25.1 Å². The van der Waals surface area contributed by atoms with Gasteiger partial charge >= 0.3 is 0 Å². The van der Waals surface area contributed by atoms with Crippen molar-refractivity contribution in [1.29, 1.82) is 0 Å². The number of nitrogens with one attached hydrogen (secondary N) is 2. The number of halogens is 1. The molecule has 5 heteroatoms. The number of carbonyl (C=O) groups is 1. The van der Waals surface area contributed by atoms with Crippen LogP contribution in [0.1, 0.15) is 24.9 Å². The van der Waals surface area contributed by atoms with Crippen molar-refractivity contribution in [3.8, 4) is 0 Å². The molecule has 1 aromatic carbocycles. The van der Waals surface area contributed by atoms with Crippen LogP contribution < -0.4 is 10.6 Å². The molecule has 110 valence electrons. The largest absolute Gasteiger partial charge is 0.358 e. The summed E-state index contributed by atoms with van der Waals surface area (Å²) < 4.78 is 13.1.